The Morgan fingerprint density at radius 3 is 2.21 bits per heavy atom. The molecule has 174 valence electrons. The predicted molar refractivity (Wildman–Crippen MR) is 134 cm³/mol. The number of halogens is 1. The standard InChI is InChI=1S/C26H24BrN3O4/c1-34-26(33)20-10-11-23(22(17-20)28-24(31)19-8-5-9-21(27)16-19)29-12-14-30(15-13-29)25(32)18-6-3-2-4-7-18/h2-11,16-17H,12-15H2,1H3,(H,28,31). The Kier molecular flexibility index (Phi) is 7.27. The molecule has 8 heteroatoms. The minimum absolute atomic E-state index is 0.00414. The molecule has 0 saturated carbocycles. The van der Waals surface area contributed by atoms with E-state index in [2.05, 4.69) is 26.1 Å². The van der Waals surface area contributed by atoms with Gasteiger partial charge in [0, 0.05) is 41.8 Å². The number of piperazine rings is 1. The third-order valence-corrected chi connectivity index (χ3v) is 6.17. The maximum Gasteiger partial charge on any atom is 0.337 e. The van der Waals surface area contributed by atoms with Crippen LogP contribution in [0.3, 0.4) is 0 Å². The monoisotopic (exact) mass is 521 g/mol. The molecule has 1 saturated heterocycles. The second-order valence-corrected chi connectivity index (χ2v) is 8.75. The molecule has 0 spiro atoms. The van der Waals surface area contributed by atoms with Crippen molar-refractivity contribution in [2.45, 2.75) is 0 Å². The fourth-order valence-corrected chi connectivity index (χ4v) is 4.29. The molecule has 4 rings (SSSR count). The zero-order valence-corrected chi connectivity index (χ0v) is 20.2. The summed E-state index contributed by atoms with van der Waals surface area (Å²) in [4.78, 5) is 41.8. The first-order chi connectivity index (χ1) is 16.5. The SMILES string of the molecule is COC(=O)c1ccc(N2CCN(C(=O)c3ccccc3)CC2)c(NC(=O)c2cccc(Br)c2)c1. The van der Waals surface area contributed by atoms with Crippen LogP contribution < -0.4 is 10.2 Å². The van der Waals surface area contributed by atoms with Gasteiger partial charge in [-0.2, -0.15) is 0 Å². The summed E-state index contributed by atoms with van der Waals surface area (Å²) in [7, 11) is 1.32. The fourth-order valence-electron chi connectivity index (χ4n) is 3.89. The maximum absolute atomic E-state index is 12.9. The Labute approximate surface area is 206 Å². The number of amides is 2. The molecular weight excluding hydrogens is 498 g/mol. The van der Waals surface area contributed by atoms with Gasteiger partial charge in [0.1, 0.15) is 0 Å². The lowest BCUT2D eigenvalue weighted by Crippen LogP contribution is -2.49. The van der Waals surface area contributed by atoms with Crippen molar-refractivity contribution < 1.29 is 19.1 Å². The highest BCUT2D eigenvalue weighted by molar-refractivity contribution is 9.10. The van der Waals surface area contributed by atoms with Crippen LogP contribution in [-0.2, 0) is 4.74 Å². The average molecular weight is 522 g/mol. The first-order valence-corrected chi connectivity index (χ1v) is 11.6. The number of methoxy groups -OCH3 is 1. The molecule has 1 aliphatic heterocycles. The van der Waals surface area contributed by atoms with Crippen molar-refractivity contribution in [2.75, 3.05) is 43.5 Å². The molecule has 0 radical (unpaired) electrons. The van der Waals surface area contributed by atoms with Crippen molar-refractivity contribution in [3.63, 3.8) is 0 Å². The first-order valence-electron chi connectivity index (χ1n) is 10.8. The smallest absolute Gasteiger partial charge is 0.337 e. The molecule has 3 aromatic rings. The molecule has 1 aliphatic rings. The molecule has 0 aromatic heterocycles. The fraction of sp³-hybridized carbons (Fsp3) is 0.192. The van der Waals surface area contributed by atoms with E-state index in [4.69, 9.17) is 4.74 Å². The Hall–Kier alpha value is -3.65. The minimum Gasteiger partial charge on any atom is -0.465 e. The summed E-state index contributed by atoms with van der Waals surface area (Å²) in [6.07, 6.45) is 0. The van der Waals surface area contributed by atoms with Crippen molar-refractivity contribution >= 4 is 45.1 Å². The summed E-state index contributed by atoms with van der Waals surface area (Å²) in [5.41, 5.74) is 2.79. The van der Waals surface area contributed by atoms with Crippen LogP contribution >= 0.6 is 15.9 Å². The van der Waals surface area contributed by atoms with Gasteiger partial charge in [-0.3, -0.25) is 9.59 Å². The normalized spacial score (nSPS) is 13.4. The molecular formula is C26H24BrN3O4. The number of nitrogens with zero attached hydrogens (tertiary/aromatic N) is 2. The Morgan fingerprint density at radius 2 is 1.53 bits per heavy atom. The maximum atomic E-state index is 12.9. The van der Waals surface area contributed by atoms with E-state index < -0.39 is 5.97 Å². The van der Waals surface area contributed by atoms with Gasteiger partial charge in [0.05, 0.1) is 24.0 Å². The summed E-state index contributed by atoms with van der Waals surface area (Å²) in [6, 6.07) is 21.4. The van der Waals surface area contributed by atoms with Crippen LogP contribution in [0.25, 0.3) is 0 Å². The number of benzene rings is 3. The molecule has 3 aromatic carbocycles. The van der Waals surface area contributed by atoms with E-state index in [9.17, 15) is 14.4 Å². The van der Waals surface area contributed by atoms with Gasteiger partial charge >= 0.3 is 5.97 Å². The summed E-state index contributed by atoms with van der Waals surface area (Å²) < 4.78 is 5.64. The number of carbonyl (C=O) groups excluding carboxylic acids is 3. The number of esters is 1. The van der Waals surface area contributed by atoms with Crippen LogP contribution in [0.15, 0.2) is 77.3 Å². The summed E-state index contributed by atoms with van der Waals surface area (Å²) in [5, 5.41) is 2.94. The van der Waals surface area contributed by atoms with E-state index in [1.165, 1.54) is 7.11 Å². The third-order valence-electron chi connectivity index (χ3n) is 5.68. The highest BCUT2D eigenvalue weighted by Gasteiger charge is 2.24. The van der Waals surface area contributed by atoms with E-state index in [1.54, 1.807) is 36.4 Å². The topological polar surface area (TPSA) is 79.0 Å². The van der Waals surface area contributed by atoms with Crippen LogP contribution in [0.4, 0.5) is 11.4 Å². The van der Waals surface area contributed by atoms with Crippen molar-refractivity contribution in [1.82, 2.24) is 4.90 Å². The van der Waals surface area contributed by atoms with Gasteiger partial charge in [-0.15, -0.1) is 0 Å². The number of hydrogen-bond acceptors (Lipinski definition) is 5. The van der Waals surface area contributed by atoms with Crippen LogP contribution in [0.1, 0.15) is 31.1 Å². The molecule has 0 unspecified atom stereocenters. The van der Waals surface area contributed by atoms with Crippen molar-refractivity contribution in [1.29, 1.82) is 0 Å². The van der Waals surface area contributed by atoms with Crippen LogP contribution in [0.5, 0.6) is 0 Å². The van der Waals surface area contributed by atoms with E-state index in [0.717, 1.165) is 10.2 Å². The molecule has 1 heterocycles. The van der Waals surface area contributed by atoms with E-state index in [-0.39, 0.29) is 11.8 Å². The van der Waals surface area contributed by atoms with Gasteiger partial charge in [-0.05, 0) is 48.5 Å². The highest BCUT2D eigenvalue weighted by atomic mass is 79.9. The Morgan fingerprint density at radius 1 is 0.824 bits per heavy atom. The lowest BCUT2D eigenvalue weighted by molar-refractivity contribution is 0.0600. The molecule has 7 nitrogen and oxygen atoms in total. The number of anilines is 2. The largest absolute Gasteiger partial charge is 0.465 e. The van der Waals surface area contributed by atoms with Crippen LogP contribution in [-0.4, -0.2) is 56.0 Å². The quantitative estimate of drug-likeness (QED) is 0.501. The highest BCUT2D eigenvalue weighted by Crippen LogP contribution is 2.29. The molecule has 34 heavy (non-hydrogen) atoms. The molecule has 1 N–H and O–H groups in total. The lowest BCUT2D eigenvalue weighted by atomic mass is 10.1. The number of carbonyl (C=O) groups is 3. The minimum atomic E-state index is -0.484. The van der Waals surface area contributed by atoms with Crippen LogP contribution in [0, 0.1) is 0 Å². The van der Waals surface area contributed by atoms with Gasteiger partial charge in [0.15, 0.2) is 0 Å². The number of ether oxygens (including phenoxy) is 1. The van der Waals surface area contributed by atoms with Crippen molar-refractivity contribution in [3.05, 3.63) is 94.0 Å². The number of hydrogen-bond donors (Lipinski definition) is 1. The zero-order valence-electron chi connectivity index (χ0n) is 18.7. The summed E-state index contributed by atoms with van der Waals surface area (Å²) in [6.45, 7) is 2.28. The Bertz CT molecular complexity index is 1210. The molecule has 1 fully saturated rings. The molecule has 0 aliphatic carbocycles. The first kappa shape index (κ1) is 23.5. The van der Waals surface area contributed by atoms with E-state index in [1.807, 2.05) is 41.3 Å². The van der Waals surface area contributed by atoms with Crippen molar-refractivity contribution in [3.8, 4) is 0 Å². The van der Waals surface area contributed by atoms with Gasteiger partial charge in [0.25, 0.3) is 11.8 Å². The van der Waals surface area contributed by atoms with Crippen molar-refractivity contribution in [2.24, 2.45) is 0 Å². The summed E-state index contributed by atoms with van der Waals surface area (Å²) >= 11 is 3.39. The molecule has 2 amide bonds. The number of rotatable bonds is 5. The second-order valence-electron chi connectivity index (χ2n) is 7.83. The van der Waals surface area contributed by atoms with Gasteiger partial charge in [-0.25, -0.2) is 4.79 Å². The van der Waals surface area contributed by atoms with Gasteiger partial charge < -0.3 is 19.9 Å². The lowest BCUT2D eigenvalue weighted by Gasteiger charge is -2.37. The van der Waals surface area contributed by atoms with E-state index >= 15 is 0 Å². The zero-order chi connectivity index (χ0) is 24.1. The molecule has 0 atom stereocenters. The van der Waals surface area contributed by atoms with Gasteiger partial charge in [0.2, 0.25) is 0 Å². The number of nitrogens with one attached hydrogen (secondary N) is 1. The predicted octanol–water partition coefficient (Wildman–Crippen LogP) is 4.45. The average Bonchev–Trinajstić information content (AvgIpc) is 2.88. The van der Waals surface area contributed by atoms with E-state index in [0.29, 0.717) is 48.6 Å². The van der Waals surface area contributed by atoms with Gasteiger partial charge in [-0.1, -0.05) is 40.2 Å². The second kappa shape index (κ2) is 10.5. The Balaban J connectivity index is 1.54. The molecule has 0 bridgehead atoms. The third kappa shape index (κ3) is 5.28. The van der Waals surface area contributed by atoms with Crippen LogP contribution in [0.2, 0.25) is 0 Å². The summed E-state index contributed by atoms with van der Waals surface area (Å²) in [5.74, 6) is -0.769.